The molecule has 0 bridgehead atoms. The lowest BCUT2D eigenvalue weighted by Crippen LogP contribution is -2.27. The monoisotopic (exact) mass is 311 g/mol. The van der Waals surface area contributed by atoms with Crippen LogP contribution in [0.5, 0.6) is 0 Å². The molecule has 1 aliphatic rings. The molecule has 23 heavy (non-hydrogen) atoms. The lowest BCUT2D eigenvalue weighted by Gasteiger charge is -2.07. The quantitative estimate of drug-likeness (QED) is 0.917. The van der Waals surface area contributed by atoms with E-state index in [1.165, 1.54) is 5.56 Å². The summed E-state index contributed by atoms with van der Waals surface area (Å²) in [4.78, 5) is 12.7. The summed E-state index contributed by atoms with van der Waals surface area (Å²) >= 11 is 0. The summed E-state index contributed by atoms with van der Waals surface area (Å²) in [5.41, 5.74) is 4.79. The molecule has 0 radical (unpaired) electrons. The Morgan fingerprint density at radius 1 is 1.26 bits per heavy atom. The molecule has 1 fully saturated rings. The van der Waals surface area contributed by atoms with Gasteiger partial charge < -0.3 is 5.32 Å². The fraction of sp³-hybridized carbons (Fsp3) is 0.474. The van der Waals surface area contributed by atoms with Gasteiger partial charge in [0.05, 0.1) is 22.6 Å². The molecule has 0 saturated heterocycles. The Balaban J connectivity index is 2.01. The molecule has 1 N–H and O–H groups in total. The van der Waals surface area contributed by atoms with Gasteiger partial charge in [-0.05, 0) is 51.2 Å². The van der Waals surface area contributed by atoms with Crippen LogP contribution in [0.3, 0.4) is 0 Å². The highest BCUT2D eigenvalue weighted by Crippen LogP contribution is 2.24. The van der Waals surface area contributed by atoms with Crippen LogP contribution in [0, 0.1) is 19.8 Å². The molecule has 4 heteroatoms. The Morgan fingerprint density at radius 3 is 2.48 bits per heavy atom. The summed E-state index contributed by atoms with van der Waals surface area (Å²) < 4.78 is 1.90. The summed E-state index contributed by atoms with van der Waals surface area (Å²) in [5, 5.41) is 7.86. The number of carbonyl (C=O) groups is 1. The van der Waals surface area contributed by atoms with Crippen molar-refractivity contribution in [1.82, 2.24) is 15.1 Å². The minimum Gasteiger partial charge on any atom is -0.349 e. The predicted molar refractivity (Wildman–Crippen MR) is 92.1 cm³/mol. The number of nitrogens with one attached hydrogen (secondary N) is 1. The van der Waals surface area contributed by atoms with Crippen LogP contribution >= 0.6 is 0 Å². The van der Waals surface area contributed by atoms with E-state index in [4.69, 9.17) is 5.10 Å². The normalized spacial score (nSPS) is 14.3. The number of aromatic nitrogens is 2. The molecule has 1 amide bonds. The number of hydrogen-bond acceptors (Lipinski definition) is 2. The van der Waals surface area contributed by atoms with Gasteiger partial charge in [0.1, 0.15) is 0 Å². The Kier molecular flexibility index (Phi) is 4.24. The van der Waals surface area contributed by atoms with Gasteiger partial charge in [0.25, 0.3) is 5.91 Å². The van der Waals surface area contributed by atoms with Gasteiger partial charge in [-0.1, -0.05) is 31.5 Å². The SMILES string of the molecule is Cc1ccc(-n2nc(CC(C)C)c(C(=O)NC3CC3)c2C)cc1. The van der Waals surface area contributed by atoms with E-state index in [1.54, 1.807) is 0 Å². The van der Waals surface area contributed by atoms with Crippen molar-refractivity contribution in [3.63, 3.8) is 0 Å². The summed E-state index contributed by atoms with van der Waals surface area (Å²) in [7, 11) is 0. The maximum absolute atomic E-state index is 12.7. The number of benzene rings is 1. The number of carbonyl (C=O) groups excluding carboxylic acids is 1. The van der Waals surface area contributed by atoms with Crippen molar-refractivity contribution in [1.29, 1.82) is 0 Å². The van der Waals surface area contributed by atoms with Crippen molar-refractivity contribution >= 4 is 5.91 Å². The van der Waals surface area contributed by atoms with E-state index >= 15 is 0 Å². The molecular formula is C19H25N3O. The van der Waals surface area contributed by atoms with Gasteiger partial charge >= 0.3 is 0 Å². The van der Waals surface area contributed by atoms with Crippen molar-refractivity contribution in [2.45, 2.75) is 53.0 Å². The van der Waals surface area contributed by atoms with Gasteiger partial charge in [-0.15, -0.1) is 0 Å². The standard InChI is InChI=1S/C19H25N3O/c1-12(2)11-17-18(19(23)20-15-7-8-15)14(4)22(21-17)16-9-5-13(3)6-10-16/h5-6,9-10,12,15H,7-8,11H2,1-4H3,(H,20,23). The number of rotatable bonds is 5. The Morgan fingerprint density at radius 2 is 1.91 bits per heavy atom. The molecule has 1 aliphatic carbocycles. The molecule has 1 aromatic carbocycles. The molecule has 1 heterocycles. The first kappa shape index (κ1) is 15.8. The van der Waals surface area contributed by atoms with Crippen LogP contribution in [-0.2, 0) is 6.42 Å². The second-order valence-corrected chi connectivity index (χ2v) is 7.00. The predicted octanol–water partition coefficient (Wildman–Crippen LogP) is 3.58. The highest BCUT2D eigenvalue weighted by Gasteiger charge is 2.28. The van der Waals surface area contributed by atoms with Gasteiger partial charge in [0.15, 0.2) is 0 Å². The third-order valence-electron chi connectivity index (χ3n) is 4.21. The molecule has 122 valence electrons. The van der Waals surface area contributed by atoms with Crippen LogP contribution in [0.1, 0.15) is 54.0 Å². The second-order valence-electron chi connectivity index (χ2n) is 7.00. The van der Waals surface area contributed by atoms with E-state index in [-0.39, 0.29) is 5.91 Å². The molecule has 3 rings (SSSR count). The minimum absolute atomic E-state index is 0.0269. The van der Waals surface area contributed by atoms with Crippen molar-refractivity contribution < 1.29 is 4.79 Å². The maximum Gasteiger partial charge on any atom is 0.255 e. The Hall–Kier alpha value is -2.10. The van der Waals surface area contributed by atoms with Crippen LogP contribution in [0.25, 0.3) is 5.69 Å². The highest BCUT2D eigenvalue weighted by atomic mass is 16.1. The molecule has 0 aliphatic heterocycles. The van der Waals surface area contributed by atoms with E-state index in [1.807, 2.05) is 11.6 Å². The van der Waals surface area contributed by atoms with Gasteiger partial charge in [-0.3, -0.25) is 4.79 Å². The van der Waals surface area contributed by atoms with Crippen LogP contribution in [-0.4, -0.2) is 21.7 Å². The summed E-state index contributed by atoms with van der Waals surface area (Å²) in [6, 6.07) is 8.61. The molecular weight excluding hydrogens is 286 g/mol. The van der Waals surface area contributed by atoms with Crippen LogP contribution < -0.4 is 5.32 Å². The molecule has 1 aromatic heterocycles. The van der Waals surface area contributed by atoms with Crippen LogP contribution in [0.15, 0.2) is 24.3 Å². The Labute approximate surface area is 137 Å². The first-order chi connectivity index (χ1) is 11.0. The molecule has 0 spiro atoms. The van der Waals surface area contributed by atoms with Crippen LogP contribution in [0.4, 0.5) is 0 Å². The van der Waals surface area contributed by atoms with E-state index in [0.29, 0.717) is 12.0 Å². The molecule has 0 unspecified atom stereocenters. The van der Waals surface area contributed by atoms with Crippen molar-refractivity contribution in [2.75, 3.05) is 0 Å². The number of aryl methyl sites for hydroxylation is 1. The van der Waals surface area contributed by atoms with Gasteiger partial charge in [-0.25, -0.2) is 4.68 Å². The first-order valence-corrected chi connectivity index (χ1v) is 8.42. The van der Waals surface area contributed by atoms with Gasteiger partial charge in [0, 0.05) is 6.04 Å². The first-order valence-electron chi connectivity index (χ1n) is 8.42. The average molecular weight is 311 g/mol. The zero-order chi connectivity index (χ0) is 16.6. The zero-order valence-electron chi connectivity index (χ0n) is 14.4. The summed E-state index contributed by atoms with van der Waals surface area (Å²) in [5.74, 6) is 0.488. The van der Waals surface area contributed by atoms with E-state index in [0.717, 1.165) is 41.9 Å². The smallest absolute Gasteiger partial charge is 0.255 e. The minimum atomic E-state index is 0.0269. The van der Waals surface area contributed by atoms with Crippen molar-refractivity contribution in [3.8, 4) is 5.69 Å². The summed E-state index contributed by atoms with van der Waals surface area (Å²) in [6.45, 7) is 8.36. The fourth-order valence-electron chi connectivity index (χ4n) is 2.81. The van der Waals surface area contributed by atoms with E-state index < -0.39 is 0 Å². The van der Waals surface area contributed by atoms with E-state index in [9.17, 15) is 4.79 Å². The highest BCUT2D eigenvalue weighted by molar-refractivity contribution is 5.97. The molecule has 2 aromatic rings. The maximum atomic E-state index is 12.7. The topological polar surface area (TPSA) is 46.9 Å². The number of nitrogens with zero attached hydrogens (tertiary/aromatic N) is 2. The molecule has 0 atom stereocenters. The van der Waals surface area contributed by atoms with Gasteiger partial charge in [0.2, 0.25) is 0 Å². The third-order valence-corrected chi connectivity index (χ3v) is 4.21. The van der Waals surface area contributed by atoms with Crippen molar-refractivity contribution in [3.05, 3.63) is 46.8 Å². The lowest BCUT2D eigenvalue weighted by molar-refractivity contribution is 0.0949. The number of amides is 1. The van der Waals surface area contributed by atoms with Crippen LogP contribution in [0.2, 0.25) is 0 Å². The second kappa shape index (κ2) is 6.19. The molecule has 4 nitrogen and oxygen atoms in total. The van der Waals surface area contributed by atoms with Crippen molar-refractivity contribution in [2.24, 2.45) is 5.92 Å². The average Bonchev–Trinajstić information content (AvgIpc) is 3.23. The fourth-order valence-corrected chi connectivity index (χ4v) is 2.81. The lowest BCUT2D eigenvalue weighted by atomic mass is 10.0. The molecule has 1 saturated carbocycles. The summed E-state index contributed by atoms with van der Waals surface area (Å²) in [6.07, 6.45) is 3.00. The Bertz CT molecular complexity index is 709. The number of hydrogen-bond donors (Lipinski definition) is 1. The zero-order valence-corrected chi connectivity index (χ0v) is 14.4. The van der Waals surface area contributed by atoms with E-state index in [2.05, 4.69) is 50.4 Å². The largest absolute Gasteiger partial charge is 0.349 e. The third kappa shape index (κ3) is 3.46. The van der Waals surface area contributed by atoms with Gasteiger partial charge in [-0.2, -0.15) is 5.10 Å².